The highest BCUT2D eigenvalue weighted by atomic mass is 16.5. The molecule has 41 heavy (non-hydrogen) atoms. The summed E-state index contributed by atoms with van der Waals surface area (Å²) in [5, 5.41) is 17.3. The number of carbonyl (C=O) groups excluding carboxylic acids is 2. The van der Waals surface area contributed by atoms with E-state index in [1.165, 1.54) is 0 Å². The van der Waals surface area contributed by atoms with Gasteiger partial charge in [-0.3, -0.25) is 14.5 Å². The van der Waals surface area contributed by atoms with Crippen molar-refractivity contribution >= 4 is 11.7 Å². The third kappa shape index (κ3) is 5.48. The molecule has 206 valence electrons. The molecule has 0 aliphatic carbocycles. The summed E-state index contributed by atoms with van der Waals surface area (Å²) in [6.07, 6.45) is 0. The number of rotatable bonds is 8. The number of hydrogen-bond acceptors (Lipinski definition) is 7. The molecule has 4 aromatic rings. The predicted molar refractivity (Wildman–Crippen MR) is 151 cm³/mol. The highest BCUT2D eigenvalue weighted by Gasteiger charge is 2.36. The summed E-state index contributed by atoms with van der Waals surface area (Å²) in [6.45, 7) is 4.22. The lowest BCUT2D eigenvalue weighted by Crippen LogP contribution is -2.35. The van der Waals surface area contributed by atoms with Crippen LogP contribution in [0.4, 0.5) is 0 Å². The Morgan fingerprint density at radius 1 is 0.976 bits per heavy atom. The molecule has 1 fully saturated rings. The van der Waals surface area contributed by atoms with Gasteiger partial charge in [0, 0.05) is 37.3 Å². The van der Waals surface area contributed by atoms with Crippen molar-refractivity contribution in [2.45, 2.75) is 19.7 Å². The molecular formula is C32H29N5O4. The minimum Gasteiger partial charge on any atom is -0.488 e. The molecule has 2 aliphatic rings. The topological polar surface area (TPSA) is 109 Å². The molecule has 1 N–H and O–H groups in total. The number of nitrogens with one attached hydrogen (secondary N) is 1. The fourth-order valence-electron chi connectivity index (χ4n) is 5.23. The molecule has 1 aromatic heterocycles. The number of ether oxygens (including phenoxy) is 2. The van der Waals surface area contributed by atoms with Crippen LogP contribution >= 0.6 is 0 Å². The second kappa shape index (κ2) is 11.8. The standard InChI is InChI=1S/C32H29N5O4/c33-18-26(32(39)34-19-22-7-3-1-4-8-22)31(38)29-27-21-41-28-12-11-23(20-36-13-15-40-16-14-36)17-25(28)30(27)37(35-29)24-9-5-2-6-10-24/h1-12,17,26H,13-16,19-21H2,(H,34,39). The van der Waals surface area contributed by atoms with Crippen LogP contribution in [0.5, 0.6) is 5.75 Å². The van der Waals surface area contributed by atoms with Crippen LogP contribution < -0.4 is 10.1 Å². The Balaban J connectivity index is 1.36. The number of carbonyl (C=O) groups is 2. The van der Waals surface area contributed by atoms with E-state index in [0.29, 0.717) is 24.5 Å². The van der Waals surface area contributed by atoms with Crippen LogP contribution in [-0.2, 0) is 29.2 Å². The molecule has 3 aromatic carbocycles. The highest BCUT2D eigenvalue weighted by molar-refractivity contribution is 6.12. The van der Waals surface area contributed by atoms with Crippen molar-refractivity contribution < 1.29 is 19.1 Å². The second-order valence-electron chi connectivity index (χ2n) is 10.1. The Bertz CT molecular complexity index is 1600. The number of ketones is 1. The van der Waals surface area contributed by atoms with Gasteiger partial charge in [-0.05, 0) is 35.4 Å². The average molecular weight is 548 g/mol. The predicted octanol–water partition coefficient (Wildman–Crippen LogP) is 3.90. The first-order valence-electron chi connectivity index (χ1n) is 13.6. The largest absolute Gasteiger partial charge is 0.488 e. The molecular weight excluding hydrogens is 518 g/mol. The molecule has 0 bridgehead atoms. The Labute approximate surface area is 237 Å². The van der Waals surface area contributed by atoms with Gasteiger partial charge in [0.1, 0.15) is 18.1 Å². The number of morpholine rings is 1. The number of benzene rings is 3. The maximum absolute atomic E-state index is 13.8. The van der Waals surface area contributed by atoms with Gasteiger partial charge in [-0.1, -0.05) is 54.6 Å². The number of nitrogens with zero attached hydrogens (tertiary/aromatic N) is 4. The van der Waals surface area contributed by atoms with Gasteiger partial charge in [-0.2, -0.15) is 10.4 Å². The van der Waals surface area contributed by atoms with Gasteiger partial charge in [0.2, 0.25) is 11.7 Å². The summed E-state index contributed by atoms with van der Waals surface area (Å²) in [7, 11) is 0. The van der Waals surface area contributed by atoms with Crippen molar-refractivity contribution in [2.24, 2.45) is 5.92 Å². The third-order valence-electron chi connectivity index (χ3n) is 7.36. The van der Waals surface area contributed by atoms with E-state index in [1.54, 1.807) is 4.68 Å². The van der Waals surface area contributed by atoms with Crippen LogP contribution in [0.1, 0.15) is 27.2 Å². The maximum atomic E-state index is 13.8. The molecule has 6 rings (SSSR count). The zero-order chi connectivity index (χ0) is 28.2. The molecule has 1 atom stereocenters. The molecule has 2 aliphatic heterocycles. The lowest BCUT2D eigenvalue weighted by atomic mass is 9.95. The van der Waals surface area contributed by atoms with Crippen molar-refractivity contribution in [1.29, 1.82) is 5.26 Å². The number of amides is 1. The van der Waals surface area contributed by atoms with Crippen molar-refractivity contribution in [3.05, 3.63) is 101 Å². The van der Waals surface area contributed by atoms with Crippen LogP contribution in [0.2, 0.25) is 0 Å². The fourth-order valence-corrected chi connectivity index (χ4v) is 5.23. The Morgan fingerprint density at radius 2 is 1.71 bits per heavy atom. The van der Waals surface area contributed by atoms with E-state index < -0.39 is 17.6 Å². The number of hydrogen-bond donors (Lipinski definition) is 1. The Morgan fingerprint density at radius 3 is 2.44 bits per heavy atom. The average Bonchev–Trinajstić information content (AvgIpc) is 3.42. The van der Waals surface area contributed by atoms with Crippen LogP contribution in [-0.4, -0.2) is 52.7 Å². The molecule has 0 spiro atoms. The van der Waals surface area contributed by atoms with Crippen LogP contribution in [0.15, 0.2) is 78.9 Å². The Kier molecular flexibility index (Phi) is 7.58. The molecule has 9 heteroatoms. The van der Waals surface area contributed by atoms with E-state index in [1.807, 2.05) is 72.8 Å². The van der Waals surface area contributed by atoms with E-state index in [-0.39, 0.29) is 18.8 Å². The molecule has 1 unspecified atom stereocenters. The van der Waals surface area contributed by atoms with Gasteiger partial charge < -0.3 is 14.8 Å². The third-order valence-corrected chi connectivity index (χ3v) is 7.36. The summed E-state index contributed by atoms with van der Waals surface area (Å²) in [6, 6.07) is 26.8. The number of para-hydroxylation sites is 1. The summed E-state index contributed by atoms with van der Waals surface area (Å²) in [5.74, 6) is -2.16. The van der Waals surface area contributed by atoms with E-state index in [4.69, 9.17) is 14.6 Å². The summed E-state index contributed by atoms with van der Waals surface area (Å²) in [4.78, 5) is 29.1. The minimum atomic E-state index is -1.55. The minimum absolute atomic E-state index is 0.0643. The van der Waals surface area contributed by atoms with E-state index in [9.17, 15) is 14.9 Å². The quantitative estimate of drug-likeness (QED) is 0.263. The Hall–Kier alpha value is -4.78. The van der Waals surface area contributed by atoms with Gasteiger partial charge in [0.25, 0.3) is 0 Å². The van der Waals surface area contributed by atoms with E-state index in [0.717, 1.165) is 47.7 Å². The number of aromatic nitrogens is 2. The summed E-state index contributed by atoms with van der Waals surface area (Å²) >= 11 is 0. The molecule has 3 heterocycles. The lowest BCUT2D eigenvalue weighted by Gasteiger charge is -2.27. The van der Waals surface area contributed by atoms with Gasteiger partial charge in [0.05, 0.1) is 30.7 Å². The number of fused-ring (bicyclic) bond motifs is 3. The van der Waals surface area contributed by atoms with Crippen molar-refractivity contribution in [3.63, 3.8) is 0 Å². The summed E-state index contributed by atoms with van der Waals surface area (Å²) in [5.41, 5.74) is 4.90. The lowest BCUT2D eigenvalue weighted by molar-refractivity contribution is -0.122. The van der Waals surface area contributed by atoms with E-state index in [2.05, 4.69) is 22.3 Å². The second-order valence-corrected chi connectivity index (χ2v) is 10.1. The number of Topliss-reactive ketones (excluding diaryl/α,β-unsaturated/α-hetero) is 1. The molecule has 9 nitrogen and oxygen atoms in total. The van der Waals surface area contributed by atoms with Crippen molar-refractivity contribution in [1.82, 2.24) is 20.0 Å². The van der Waals surface area contributed by atoms with Crippen LogP contribution in [0, 0.1) is 17.2 Å². The molecule has 0 radical (unpaired) electrons. The van der Waals surface area contributed by atoms with Gasteiger partial charge in [-0.25, -0.2) is 4.68 Å². The molecule has 1 amide bonds. The van der Waals surface area contributed by atoms with Crippen molar-refractivity contribution in [2.75, 3.05) is 26.3 Å². The number of nitriles is 1. The SMILES string of the molecule is N#CC(C(=O)NCc1ccccc1)C(=O)c1nn(-c2ccccc2)c2c1COc1ccc(CN3CCOCC3)cc1-2. The van der Waals surface area contributed by atoms with Gasteiger partial charge >= 0.3 is 0 Å². The smallest absolute Gasteiger partial charge is 0.245 e. The molecule has 0 saturated carbocycles. The fraction of sp³-hybridized carbons (Fsp3) is 0.250. The van der Waals surface area contributed by atoms with Crippen molar-refractivity contribution in [3.8, 4) is 28.8 Å². The van der Waals surface area contributed by atoms with Gasteiger partial charge in [-0.15, -0.1) is 0 Å². The monoisotopic (exact) mass is 547 g/mol. The first-order valence-corrected chi connectivity index (χ1v) is 13.6. The van der Waals surface area contributed by atoms with Crippen LogP contribution in [0.25, 0.3) is 16.9 Å². The normalized spacial score (nSPS) is 15.1. The van der Waals surface area contributed by atoms with Crippen LogP contribution in [0.3, 0.4) is 0 Å². The van der Waals surface area contributed by atoms with Gasteiger partial charge in [0.15, 0.2) is 5.92 Å². The summed E-state index contributed by atoms with van der Waals surface area (Å²) < 4.78 is 13.3. The maximum Gasteiger partial charge on any atom is 0.245 e. The van der Waals surface area contributed by atoms with E-state index >= 15 is 0 Å². The molecule has 1 saturated heterocycles. The first kappa shape index (κ1) is 26.4. The zero-order valence-electron chi connectivity index (χ0n) is 22.5. The highest BCUT2D eigenvalue weighted by Crippen LogP contribution is 2.41. The zero-order valence-corrected chi connectivity index (χ0v) is 22.5. The first-order chi connectivity index (χ1) is 20.1.